The molecular weight excluding hydrogens is 419 g/mol. The van der Waals surface area contributed by atoms with Crippen molar-refractivity contribution in [2.24, 2.45) is 4.40 Å². The van der Waals surface area contributed by atoms with E-state index in [9.17, 15) is 13.7 Å². The largest absolute Gasteiger partial charge is 0.591 e. The van der Waals surface area contributed by atoms with Crippen LogP contribution in [0.4, 0.5) is 9.18 Å². The highest BCUT2D eigenvalue weighted by Gasteiger charge is 2.31. The number of likely N-dealkylation sites (tertiary alicyclic amines) is 1. The second-order valence-electron chi connectivity index (χ2n) is 7.54. The molecule has 0 spiro atoms. The van der Waals surface area contributed by atoms with Crippen LogP contribution in [0.5, 0.6) is 5.75 Å². The van der Waals surface area contributed by atoms with E-state index in [1.165, 1.54) is 12.1 Å². The monoisotopic (exact) mass is 444 g/mol. The molecule has 0 radical (unpaired) electrons. The standard InChI is InChI=1S/C20H26ClFN2O4S/c1-5-11-27-17-13-16(22)15(21)12-14(17)18(23-29(26)20(2,3)4)28-19(25)24-9-7-6-8-10-24/h5,12-13H,1,6-11H2,2-4H3. The Kier molecular flexibility index (Phi) is 8.36. The zero-order valence-corrected chi connectivity index (χ0v) is 18.4. The first kappa shape index (κ1) is 23.5. The zero-order valence-electron chi connectivity index (χ0n) is 16.9. The molecule has 0 aliphatic carbocycles. The Balaban J connectivity index is 2.46. The lowest BCUT2D eigenvalue weighted by Gasteiger charge is -2.26. The summed E-state index contributed by atoms with van der Waals surface area (Å²) in [6, 6.07) is 2.32. The molecule has 6 nitrogen and oxygen atoms in total. The van der Waals surface area contributed by atoms with E-state index in [4.69, 9.17) is 21.1 Å². The Labute approximate surface area is 179 Å². The van der Waals surface area contributed by atoms with Crippen LogP contribution in [0.2, 0.25) is 5.02 Å². The predicted molar refractivity (Wildman–Crippen MR) is 113 cm³/mol. The highest BCUT2D eigenvalue weighted by molar-refractivity contribution is 7.91. The van der Waals surface area contributed by atoms with Gasteiger partial charge in [0.2, 0.25) is 0 Å². The van der Waals surface area contributed by atoms with Gasteiger partial charge in [-0.15, -0.1) is 0 Å². The fourth-order valence-electron chi connectivity index (χ4n) is 2.52. The van der Waals surface area contributed by atoms with Gasteiger partial charge in [-0.1, -0.05) is 24.3 Å². The Bertz CT molecular complexity index is 776. The van der Waals surface area contributed by atoms with Gasteiger partial charge in [0.25, 0.3) is 5.90 Å². The summed E-state index contributed by atoms with van der Waals surface area (Å²) in [5, 5.41) is -0.200. The summed E-state index contributed by atoms with van der Waals surface area (Å²) in [5.41, 5.74) is 0.140. The Morgan fingerprint density at radius 2 is 2.03 bits per heavy atom. The minimum Gasteiger partial charge on any atom is -0.591 e. The molecule has 2 rings (SSSR count). The molecule has 0 saturated carbocycles. The van der Waals surface area contributed by atoms with Gasteiger partial charge in [-0.2, -0.15) is 0 Å². The molecule has 29 heavy (non-hydrogen) atoms. The van der Waals surface area contributed by atoms with Crippen molar-refractivity contribution in [1.29, 1.82) is 0 Å². The number of amides is 1. The van der Waals surface area contributed by atoms with E-state index in [0.717, 1.165) is 25.3 Å². The maximum Gasteiger partial charge on any atom is 0.416 e. The first-order valence-corrected chi connectivity index (χ1v) is 10.8. The van der Waals surface area contributed by atoms with E-state index in [0.29, 0.717) is 13.1 Å². The van der Waals surface area contributed by atoms with Gasteiger partial charge in [0, 0.05) is 19.2 Å². The van der Waals surface area contributed by atoms with Crippen molar-refractivity contribution < 1.29 is 23.2 Å². The number of rotatable bonds is 5. The van der Waals surface area contributed by atoms with E-state index in [1.54, 1.807) is 25.7 Å². The van der Waals surface area contributed by atoms with Crippen LogP contribution >= 0.6 is 11.6 Å². The number of hydrogen-bond donors (Lipinski definition) is 0. The Hall–Kier alpha value is -1.77. The number of carbonyl (C=O) groups is 1. The molecule has 1 saturated heterocycles. The molecule has 1 fully saturated rings. The minimum absolute atomic E-state index is 0.0582. The number of hydrogen-bond acceptors (Lipinski definition) is 5. The van der Waals surface area contributed by atoms with Gasteiger partial charge < -0.3 is 18.9 Å². The summed E-state index contributed by atoms with van der Waals surface area (Å²) in [6.07, 6.45) is 3.69. The van der Waals surface area contributed by atoms with Crippen LogP contribution < -0.4 is 4.74 Å². The minimum atomic E-state index is -1.74. The lowest BCUT2D eigenvalue weighted by atomic mass is 10.1. The fourth-order valence-corrected chi connectivity index (χ4v) is 3.25. The van der Waals surface area contributed by atoms with Gasteiger partial charge in [0.05, 0.1) is 10.6 Å². The second-order valence-corrected chi connectivity index (χ2v) is 9.85. The highest BCUT2D eigenvalue weighted by atomic mass is 35.5. The van der Waals surface area contributed by atoms with Crippen LogP contribution in [0, 0.1) is 5.82 Å². The zero-order chi connectivity index (χ0) is 21.6. The summed E-state index contributed by atoms with van der Waals surface area (Å²) in [7, 11) is 0. The predicted octanol–water partition coefficient (Wildman–Crippen LogP) is 4.88. The van der Waals surface area contributed by atoms with Gasteiger partial charge in [0.15, 0.2) is 0 Å². The number of carbonyl (C=O) groups excluding carboxylic acids is 1. The van der Waals surface area contributed by atoms with E-state index < -0.39 is 28.0 Å². The van der Waals surface area contributed by atoms with Crippen LogP contribution in [-0.2, 0) is 16.1 Å². The molecule has 1 aliphatic heterocycles. The Morgan fingerprint density at radius 3 is 2.62 bits per heavy atom. The van der Waals surface area contributed by atoms with E-state index in [-0.39, 0.29) is 28.8 Å². The first-order valence-electron chi connectivity index (χ1n) is 9.34. The molecule has 0 N–H and O–H groups in total. The van der Waals surface area contributed by atoms with Gasteiger partial charge >= 0.3 is 6.09 Å². The summed E-state index contributed by atoms with van der Waals surface area (Å²) >= 11 is 4.21. The topological polar surface area (TPSA) is 74.2 Å². The van der Waals surface area contributed by atoms with Crippen LogP contribution in [-0.4, -0.2) is 45.9 Å². The molecule has 0 aromatic heterocycles. The van der Waals surface area contributed by atoms with Crippen molar-refractivity contribution in [2.75, 3.05) is 19.7 Å². The van der Waals surface area contributed by atoms with Crippen LogP contribution in [0.1, 0.15) is 45.6 Å². The quantitative estimate of drug-likeness (QED) is 0.281. The molecule has 9 heteroatoms. The molecule has 1 heterocycles. The van der Waals surface area contributed by atoms with E-state index in [1.807, 2.05) is 0 Å². The molecule has 1 atom stereocenters. The number of halogens is 2. The first-order chi connectivity index (χ1) is 13.6. The molecule has 1 aromatic rings. The number of ether oxygens (including phenoxy) is 2. The fraction of sp³-hybridized carbons (Fsp3) is 0.500. The molecule has 1 aliphatic rings. The average Bonchev–Trinajstić information content (AvgIpc) is 2.67. The van der Waals surface area contributed by atoms with Crippen molar-refractivity contribution in [2.45, 2.75) is 44.8 Å². The molecular formula is C20H26ClFN2O4S. The average molecular weight is 445 g/mol. The van der Waals surface area contributed by atoms with Crippen molar-refractivity contribution >= 4 is 35.0 Å². The van der Waals surface area contributed by atoms with Crippen LogP contribution in [0.25, 0.3) is 0 Å². The van der Waals surface area contributed by atoms with E-state index >= 15 is 0 Å². The molecule has 1 aromatic carbocycles. The van der Waals surface area contributed by atoms with Crippen molar-refractivity contribution in [3.05, 3.63) is 41.2 Å². The number of piperidine rings is 1. The molecule has 1 unspecified atom stereocenters. The maximum absolute atomic E-state index is 14.0. The van der Waals surface area contributed by atoms with E-state index in [2.05, 4.69) is 11.0 Å². The highest BCUT2D eigenvalue weighted by Crippen LogP contribution is 2.29. The number of nitrogens with zero attached hydrogens (tertiary/aromatic N) is 2. The SMILES string of the molecule is C=CCOc1cc(F)c(Cl)cc1C(=N[S+]([O-])C(C)(C)C)OC(=O)N1CCCCC1. The second kappa shape index (κ2) is 10.3. The molecule has 1 amide bonds. The summed E-state index contributed by atoms with van der Waals surface area (Å²) in [5.74, 6) is -0.870. The molecule has 160 valence electrons. The van der Waals surface area contributed by atoms with Crippen molar-refractivity contribution in [3.63, 3.8) is 0 Å². The number of benzene rings is 1. The summed E-state index contributed by atoms with van der Waals surface area (Å²) in [4.78, 5) is 14.2. The summed E-state index contributed by atoms with van der Waals surface area (Å²) < 4.78 is 41.1. The van der Waals surface area contributed by atoms with Crippen LogP contribution in [0.3, 0.4) is 0 Å². The normalized spacial score (nSPS) is 16.3. The third-order valence-electron chi connectivity index (χ3n) is 4.10. The lowest BCUT2D eigenvalue weighted by Crippen LogP contribution is -2.38. The van der Waals surface area contributed by atoms with Gasteiger partial charge in [0.1, 0.15) is 34.3 Å². The molecule has 0 bridgehead atoms. The third kappa shape index (κ3) is 6.62. The van der Waals surface area contributed by atoms with Gasteiger partial charge in [-0.3, -0.25) is 0 Å². The van der Waals surface area contributed by atoms with Gasteiger partial charge in [-0.25, -0.2) is 9.18 Å². The van der Waals surface area contributed by atoms with Gasteiger partial charge in [-0.05, 0) is 50.5 Å². The van der Waals surface area contributed by atoms with Crippen molar-refractivity contribution in [3.8, 4) is 5.75 Å². The van der Waals surface area contributed by atoms with Crippen molar-refractivity contribution in [1.82, 2.24) is 4.90 Å². The maximum atomic E-state index is 14.0. The Morgan fingerprint density at radius 1 is 1.38 bits per heavy atom. The van der Waals surface area contributed by atoms with Crippen LogP contribution in [0.15, 0.2) is 29.2 Å². The summed E-state index contributed by atoms with van der Waals surface area (Å²) in [6.45, 7) is 10.0. The third-order valence-corrected chi connectivity index (χ3v) is 5.77. The smallest absolute Gasteiger partial charge is 0.416 e. The lowest BCUT2D eigenvalue weighted by molar-refractivity contribution is 0.139.